The Bertz CT molecular complexity index is 1010. The van der Waals surface area contributed by atoms with Gasteiger partial charge in [-0.15, -0.1) is 0 Å². The second-order valence-corrected chi connectivity index (χ2v) is 6.36. The van der Waals surface area contributed by atoms with Crippen molar-refractivity contribution in [3.8, 4) is 29.1 Å². The lowest BCUT2D eigenvalue weighted by molar-refractivity contribution is 0.174. The number of rotatable bonds is 4. The molecule has 2 aliphatic heterocycles. The number of ether oxygens (including phenoxy) is 4. The largest absolute Gasteiger partial charge is 0.488 e. The van der Waals surface area contributed by atoms with Crippen LogP contribution in [-0.2, 0) is 0 Å². The minimum atomic E-state index is -0.445. The highest BCUT2D eigenvalue weighted by Gasteiger charge is 2.33. The van der Waals surface area contributed by atoms with Crippen molar-refractivity contribution in [2.75, 3.05) is 13.4 Å². The molecule has 6 nitrogen and oxygen atoms in total. The van der Waals surface area contributed by atoms with E-state index in [0.717, 1.165) is 11.1 Å². The summed E-state index contributed by atoms with van der Waals surface area (Å²) in [5.74, 6) is 1.83. The van der Waals surface area contributed by atoms with Gasteiger partial charge < -0.3 is 24.7 Å². The lowest BCUT2D eigenvalue weighted by Crippen LogP contribution is -2.21. The van der Waals surface area contributed by atoms with Gasteiger partial charge in [0.05, 0.1) is 10.9 Å². The van der Waals surface area contributed by atoms with Gasteiger partial charge in [0, 0.05) is 11.6 Å². The number of hydrogen-bond donors (Lipinski definition) is 1. The first-order valence-electron chi connectivity index (χ1n) is 8.16. The Balaban J connectivity index is 1.82. The number of nitrogens with two attached hydrogens (primary N) is 1. The quantitative estimate of drug-likeness (QED) is 0.808. The van der Waals surface area contributed by atoms with E-state index >= 15 is 0 Å². The van der Waals surface area contributed by atoms with Gasteiger partial charge in [-0.2, -0.15) is 5.26 Å². The van der Waals surface area contributed by atoms with Crippen LogP contribution in [0.15, 0.2) is 54.4 Å². The Labute approximate surface area is 161 Å². The van der Waals surface area contributed by atoms with Gasteiger partial charge in [0.25, 0.3) is 0 Å². The molecule has 0 aliphatic carbocycles. The molecule has 27 heavy (non-hydrogen) atoms. The van der Waals surface area contributed by atoms with E-state index in [9.17, 15) is 5.26 Å². The molecule has 0 unspecified atom stereocenters. The van der Waals surface area contributed by atoms with Crippen molar-refractivity contribution in [2.45, 2.75) is 5.92 Å². The van der Waals surface area contributed by atoms with E-state index in [0.29, 0.717) is 40.2 Å². The molecule has 0 saturated carbocycles. The van der Waals surface area contributed by atoms with Crippen molar-refractivity contribution in [3.05, 3.63) is 70.6 Å². The summed E-state index contributed by atoms with van der Waals surface area (Å²) in [7, 11) is 0. The first kappa shape index (κ1) is 17.1. The van der Waals surface area contributed by atoms with Crippen molar-refractivity contribution in [1.82, 2.24) is 0 Å². The van der Waals surface area contributed by atoms with Crippen molar-refractivity contribution in [1.29, 1.82) is 5.26 Å². The highest BCUT2D eigenvalue weighted by molar-refractivity contribution is 6.32. The molecule has 2 N–H and O–H groups in total. The van der Waals surface area contributed by atoms with Gasteiger partial charge >= 0.3 is 0 Å². The van der Waals surface area contributed by atoms with E-state index in [4.69, 9.17) is 36.3 Å². The zero-order valence-corrected chi connectivity index (χ0v) is 15.0. The summed E-state index contributed by atoms with van der Waals surface area (Å²) in [5.41, 5.74) is 7.84. The smallest absolute Gasteiger partial charge is 0.231 e. The third kappa shape index (κ3) is 2.92. The summed E-state index contributed by atoms with van der Waals surface area (Å²) in [4.78, 5) is 0. The van der Waals surface area contributed by atoms with Gasteiger partial charge in [0.2, 0.25) is 12.7 Å². The van der Waals surface area contributed by atoms with Crippen LogP contribution >= 0.6 is 11.6 Å². The molecule has 2 aromatic rings. The molecule has 0 spiro atoms. The first-order chi connectivity index (χ1) is 13.1. The van der Waals surface area contributed by atoms with E-state index in [1.807, 2.05) is 12.1 Å². The molecule has 0 amide bonds. The third-order valence-corrected chi connectivity index (χ3v) is 4.65. The first-order valence-corrected chi connectivity index (χ1v) is 8.54. The van der Waals surface area contributed by atoms with Gasteiger partial charge in [0.15, 0.2) is 11.5 Å². The molecule has 2 aromatic carbocycles. The number of fused-ring (bicyclic) bond motifs is 2. The summed E-state index contributed by atoms with van der Waals surface area (Å²) in [5, 5.41) is 10.1. The number of nitriles is 1. The van der Waals surface area contributed by atoms with Crippen LogP contribution in [0.3, 0.4) is 0 Å². The fourth-order valence-corrected chi connectivity index (χ4v) is 3.40. The predicted molar refractivity (Wildman–Crippen MR) is 99.0 cm³/mol. The van der Waals surface area contributed by atoms with Crippen LogP contribution < -0.4 is 24.7 Å². The summed E-state index contributed by atoms with van der Waals surface area (Å²) >= 11 is 6.37. The van der Waals surface area contributed by atoms with Crippen LogP contribution in [0.25, 0.3) is 0 Å². The molecule has 0 aromatic heterocycles. The number of hydrogen-bond acceptors (Lipinski definition) is 6. The van der Waals surface area contributed by atoms with E-state index in [-0.39, 0.29) is 12.7 Å². The number of nitrogens with zero attached hydrogens (tertiary/aromatic N) is 1. The highest BCUT2D eigenvalue weighted by atomic mass is 35.5. The second-order valence-electron chi connectivity index (χ2n) is 5.96. The Morgan fingerprint density at radius 1 is 1.26 bits per heavy atom. The summed E-state index contributed by atoms with van der Waals surface area (Å²) in [6, 6.07) is 11.0. The SMILES string of the molecule is C=CCOc1ccc([C@H]2C(C#N)=C(N)Oc3cc4c(cc32)OCO4)cc1Cl. The van der Waals surface area contributed by atoms with Crippen molar-refractivity contribution < 1.29 is 18.9 Å². The maximum Gasteiger partial charge on any atom is 0.231 e. The van der Waals surface area contributed by atoms with Gasteiger partial charge in [-0.1, -0.05) is 30.3 Å². The Morgan fingerprint density at radius 2 is 2.04 bits per heavy atom. The Hall–Kier alpha value is -3.30. The molecular weight excluding hydrogens is 368 g/mol. The fraction of sp³-hybridized carbons (Fsp3) is 0.150. The summed E-state index contributed by atoms with van der Waals surface area (Å²) < 4.78 is 22.0. The average molecular weight is 383 g/mol. The molecule has 2 heterocycles. The van der Waals surface area contributed by atoms with Crippen molar-refractivity contribution >= 4 is 11.6 Å². The van der Waals surface area contributed by atoms with E-state index in [1.165, 1.54) is 0 Å². The maximum absolute atomic E-state index is 9.66. The van der Waals surface area contributed by atoms with E-state index in [1.54, 1.807) is 24.3 Å². The number of allylic oxidation sites excluding steroid dienone is 1. The van der Waals surface area contributed by atoms with Crippen LogP contribution in [0, 0.1) is 11.3 Å². The standard InChI is InChI=1S/C20H15ClN2O4/c1-2-5-24-15-4-3-11(6-14(15)21)19-12-7-17-18(26-10-25-17)8-16(12)27-20(23)13(19)9-22/h2-4,6-8,19H,1,5,10,23H2/t19-/m1/s1. The normalized spacial score (nSPS) is 17.0. The van der Waals surface area contributed by atoms with Crippen molar-refractivity contribution in [3.63, 3.8) is 0 Å². The second kappa shape index (κ2) is 6.78. The van der Waals surface area contributed by atoms with Crippen LogP contribution in [-0.4, -0.2) is 13.4 Å². The molecule has 1 atom stereocenters. The average Bonchev–Trinajstić information content (AvgIpc) is 3.11. The van der Waals surface area contributed by atoms with Gasteiger partial charge in [0.1, 0.15) is 29.7 Å². The topological polar surface area (TPSA) is 86.7 Å². The highest BCUT2D eigenvalue weighted by Crippen LogP contribution is 2.48. The molecule has 136 valence electrons. The minimum Gasteiger partial charge on any atom is -0.488 e. The number of benzene rings is 2. The number of halogens is 1. The summed E-state index contributed by atoms with van der Waals surface area (Å²) in [6.45, 7) is 4.10. The van der Waals surface area contributed by atoms with Gasteiger partial charge in [-0.25, -0.2) is 0 Å². The van der Waals surface area contributed by atoms with Crippen LogP contribution in [0.5, 0.6) is 23.0 Å². The monoisotopic (exact) mass is 382 g/mol. The maximum atomic E-state index is 9.66. The molecule has 7 heteroatoms. The summed E-state index contributed by atoms with van der Waals surface area (Å²) in [6.07, 6.45) is 1.64. The van der Waals surface area contributed by atoms with Crippen molar-refractivity contribution in [2.24, 2.45) is 5.73 Å². The third-order valence-electron chi connectivity index (χ3n) is 4.36. The lowest BCUT2D eigenvalue weighted by atomic mass is 9.83. The fourth-order valence-electron chi connectivity index (χ4n) is 3.15. The van der Waals surface area contributed by atoms with Gasteiger partial charge in [-0.05, 0) is 23.8 Å². The zero-order valence-electron chi connectivity index (χ0n) is 14.2. The molecule has 4 rings (SSSR count). The predicted octanol–water partition coefficient (Wildman–Crippen LogP) is 3.85. The van der Waals surface area contributed by atoms with Crippen LogP contribution in [0.1, 0.15) is 17.0 Å². The Morgan fingerprint density at radius 3 is 2.74 bits per heavy atom. The van der Waals surface area contributed by atoms with Crippen LogP contribution in [0.4, 0.5) is 0 Å². The molecule has 0 radical (unpaired) electrons. The van der Waals surface area contributed by atoms with Crippen LogP contribution in [0.2, 0.25) is 5.02 Å². The van der Waals surface area contributed by atoms with E-state index < -0.39 is 5.92 Å². The lowest BCUT2D eigenvalue weighted by Gasteiger charge is -2.27. The molecule has 0 saturated heterocycles. The van der Waals surface area contributed by atoms with E-state index in [2.05, 4.69) is 12.6 Å². The van der Waals surface area contributed by atoms with Gasteiger partial charge in [-0.3, -0.25) is 0 Å². The molecule has 0 fully saturated rings. The zero-order chi connectivity index (χ0) is 19.0. The minimum absolute atomic E-state index is 0.0528. The molecule has 0 bridgehead atoms. The Kier molecular flexibility index (Phi) is 4.30. The molecule has 2 aliphatic rings. The molecular formula is C20H15ClN2O4.